The van der Waals surface area contributed by atoms with Crippen LogP contribution in [0.15, 0.2) is 0 Å². The number of hydrogen-bond acceptors (Lipinski definition) is 1. The van der Waals surface area contributed by atoms with Gasteiger partial charge >= 0.3 is 0 Å². The van der Waals surface area contributed by atoms with Crippen molar-refractivity contribution in [2.24, 2.45) is 5.41 Å². The molecule has 0 N–H and O–H groups in total. The van der Waals surface area contributed by atoms with E-state index in [0.717, 1.165) is 5.25 Å². The minimum Gasteiger partial charge on any atom is -0.157 e. The maximum atomic E-state index is 5.49. The van der Waals surface area contributed by atoms with Crippen LogP contribution in [0, 0.1) is 17.8 Å². The first-order valence-corrected chi connectivity index (χ1v) is 5.02. The second-order valence-electron chi connectivity index (χ2n) is 3.30. The van der Waals surface area contributed by atoms with Gasteiger partial charge in [0.1, 0.15) is 0 Å². The molecule has 0 amide bonds. The van der Waals surface area contributed by atoms with Gasteiger partial charge in [0.25, 0.3) is 0 Å². The van der Waals surface area contributed by atoms with Crippen molar-refractivity contribution in [2.75, 3.05) is 5.75 Å². The fourth-order valence-corrected chi connectivity index (χ4v) is 3.28. The zero-order chi connectivity index (χ0) is 7.03. The number of terminal acetylenes is 1. The molecule has 10 heavy (non-hydrogen) atoms. The molecule has 0 aromatic carbocycles. The Morgan fingerprint density at radius 2 is 2.30 bits per heavy atom. The molecule has 1 heterocycles. The Morgan fingerprint density at radius 1 is 1.50 bits per heavy atom. The first kappa shape index (κ1) is 6.61. The van der Waals surface area contributed by atoms with Gasteiger partial charge in [-0.15, -0.1) is 6.42 Å². The summed E-state index contributed by atoms with van der Waals surface area (Å²) in [6.07, 6.45) is 10.8. The van der Waals surface area contributed by atoms with Crippen molar-refractivity contribution >= 4 is 11.8 Å². The van der Waals surface area contributed by atoms with E-state index >= 15 is 0 Å². The molecule has 0 nitrogen and oxygen atoms in total. The summed E-state index contributed by atoms with van der Waals surface area (Å²) in [5.74, 6) is 4.31. The van der Waals surface area contributed by atoms with Gasteiger partial charge in [-0.05, 0) is 31.4 Å². The van der Waals surface area contributed by atoms with E-state index in [0.29, 0.717) is 5.41 Å². The highest BCUT2D eigenvalue weighted by Crippen LogP contribution is 2.55. The van der Waals surface area contributed by atoms with E-state index in [1.54, 1.807) is 0 Å². The van der Waals surface area contributed by atoms with Crippen molar-refractivity contribution in [3.05, 3.63) is 0 Å². The molecule has 54 valence electrons. The Labute approximate surface area is 66.8 Å². The van der Waals surface area contributed by atoms with Crippen LogP contribution in [0.2, 0.25) is 0 Å². The van der Waals surface area contributed by atoms with Crippen LogP contribution in [-0.4, -0.2) is 11.0 Å². The van der Waals surface area contributed by atoms with E-state index in [-0.39, 0.29) is 0 Å². The Morgan fingerprint density at radius 3 is 2.70 bits per heavy atom. The summed E-state index contributed by atoms with van der Waals surface area (Å²) in [5.41, 5.74) is 0.362. The van der Waals surface area contributed by atoms with Gasteiger partial charge in [0.05, 0.1) is 0 Å². The van der Waals surface area contributed by atoms with Crippen molar-refractivity contribution in [3.63, 3.8) is 0 Å². The predicted molar refractivity (Wildman–Crippen MR) is 46.0 cm³/mol. The van der Waals surface area contributed by atoms with Gasteiger partial charge in [0.15, 0.2) is 0 Å². The molecule has 1 aliphatic heterocycles. The lowest BCUT2D eigenvalue weighted by Gasteiger charge is -2.14. The average molecular weight is 152 g/mol. The van der Waals surface area contributed by atoms with Gasteiger partial charge in [-0.1, -0.05) is 5.92 Å². The summed E-state index contributed by atoms with van der Waals surface area (Å²) in [5, 5.41) is 0.817. The van der Waals surface area contributed by atoms with Crippen molar-refractivity contribution < 1.29 is 0 Å². The van der Waals surface area contributed by atoms with Crippen LogP contribution in [0.5, 0.6) is 0 Å². The Balaban J connectivity index is 2.05. The van der Waals surface area contributed by atoms with Crippen LogP contribution in [0.4, 0.5) is 0 Å². The van der Waals surface area contributed by atoms with Gasteiger partial charge in [0.2, 0.25) is 0 Å². The summed E-state index contributed by atoms with van der Waals surface area (Å²) >= 11 is 2.09. The molecule has 0 aromatic rings. The van der Waals surface area contributed by atoms with Crippen LogP contribution in [-0.2, 0) is 0 Å². The monoisotopic (exact) mass is 152 g/mol. The Kier molecular flexibility index (Phi) is 1.46. The highest BCUT2D eigenvalue weighted by molar-refractivity contribution is 8.00. The Bertz CT molecular complexity index is 168. The van der Waals surface area contributed by atoms with Gasteiger partial charge in [-0.2, -0.15) is 11.8 Å². The van der Waals surface area contributed by atoms with Crippen LogP contribution in [0.1, 0.15) is 25.7 Å². The third-order valence-corrected chi connectivity index (χ3v) is 4.24. The van der Waals surface area contributed by atoms with Gasteiger partial charge in [-0.3, -0.25) is 0 Å². The molecule has 1 saturated carbocycles. The molecule has 0 spiro atoms. The molecular weight excluding hydrogens is 140 g/mol. The lowest BCUT2D eigenvalue weighted by molar-refractivity contribution is 0.604. The van der Waals surface area contributed by atoms with Crippen LogP contribution in [0.25, 0.3) is 0 Å². The lowest BCUT2D eigenvalue weighted by atomic mass is 10.0. The average Bonchev–Trinajstić information content (AvgIpc) is 2.58. The highest BCUT2D eigenvalue weighted by atomic mass is 32.2. The molecule has 0 aromatic heterocycles. The zero-order valence-electron chi connectivity index (χ0n) is 6.10. The summed E-state index contributed by atoms with van der Waals surface area (Å²) in [7, 11) is 0. The molecular formula is C9H12S. The van der Waals surface area contributed by atoms with E-state index in [1.807, 2.05) is 0 Å². The number of rotatable bonds is 1. The smallest absolute Gasteiger partial charge is 0.0431 e. The second-order valence-corrected chi connectivity index (χ2v) is 4.61. The van der Waals surface area contributed by atoms with Crippen LogP contribution in [0.3, 0.4) is 0 Å². The normalized spacial score (nSPS) is 35.3. The topological polar surface area (TPSA) is 0 Å². The molecule has 1 saturated heterocycles. The lowest BCUT2D eigenvalue weighted by Crippen LogP contribution is -2.12. The molecule has 1 aliphatic carbocycles. The summed E-state index contributed by atoms with van der Waals surface area (Å²) in [4.78, 5) is 0. The maximum Gasteiger partial charge on any atom is 0.0431 e. The molecule has 0 radical (unpaired) electrons. The molecule has 2 fully saturated rings. The minimum atomic E-state index is 0.362. The quantitative estimate of drug-likeness (QED) is 0.519. The van der Waals surface area contributed by atoms with Crippen molar-refractivity contribution in [2.45, 2.75) is 30.9 Å². The van der Waals surface area contributed by atoms with E-state index in [1.165, 1.54) is 31.4 Å². The van der Waals surface area contributed by atoms with Gasteiger partial charge < -0.3 is 0 Å². The van der Waals surface area contributed by atoms with Crippen LogP contribution < -0.4 is 0 Å². The molecule has 0 bridgehead atoms. The SMILES string of the molecule is C#CC1(C2CCCS2)CC1. The largest absolute Gasteiger partial charge is 0.157 e. The molecule has 1 atom stereocenters. The first-order chi connectivity index (χ1) is 4.87. The fourth-order valence-electron chi connectivity index (χ4n) is 1.71. The molecule has 2 aliphatic rings. The maximum absolute atomic E-state index is 5.49. The van der Waals surface area contributed by atoms with E-state index in [9.17, 15) is 0 Å². The number of hydrogen-bond donors (Lipinski definition) is 0. The van der Waals surface area contributed by atoms with E-state index in [4.69, 9.17) is 6.42 Å². The second kappa shape index (κ2) is 2.20. The molecule has 1 heteroatoms. The third-order valence-electron chi connectivity index (χ3n) is 2.62. The number of thioether (sulfide) groups is 1. The van der Waals surface area contributed by atoms with Crippen molar-refractivity contribution in [1.29, 1.82) is 0 Å². The van der Waals surface area contributed by atoms with E-state index < -0.39 is 0 Å². The minimum absolute atomic E-state index is 0.362. The zero-order valence-corrected chi connectivity index (χ0v) is 6.91. The fraction of sp³-hybridized carbons (Fsp3) is 0.778. The Hall–Kier alpha value is -0.0900. The third kappa shape index (κ3) is 0.864. The summed E-state index contributed by atoms with van der Waals surface area (Å²) in [6.45, 7) is 0. The van der Waals surface area contributed by atoms with Crippen molar-refractivity contribution in [1.82, 2.24) is 0 Å². The summed E-state index contributed by atoms with van der Waals surface area (Å²) in [6, 6.07) is 0. The van der Waals surface area contributed by atoms with Crippen LogP contribution >= 0.6 is 11.8 Å². The molecule has 2 rings (SSSR count). The van der Waals surface area contributed by atoms with E-state index in [2.05, 4.69) is 17.7 Å². The van der Waals surface area contributed by atoms with Gasteiger partial charge in [-0.25, -0.2) is 0 Å². The summed E-state index contributed by atoms with van der Waals surface area (Å²) < 4.78 is 0. The standard InChI is InChI=1S/C9H12S/c1-2-9(5-6-9)8-4-3-7-10-8/h1,8H,3-7H2. The van der Waals surface area contributed by atoms with Crippen molar-refractivity contribution in [3.8, 4) is 12.3 Å². The first-order valence-electron chi connectivity index (χ1n) is 3.97. The predicted octanol–water partition coefficient (Wildman–Crippen LogP) is 2.30. The van der Waals surface area contributed by atoms with Gasteiger partial charge in [0, 0.05) is 10.7 Å². The highest BCUT2D eigenvalue weighted by Gasteiger charge is 2.48. The molecule has 1 unspecified atom stereocenters.